The van der Waals surface area contributed by atoms with E-state index in [2.05, 4.69) is 5.32 Å². The molecule has 1 N–H and O–H groups in total. The van der Waals surface area contributed by atoms with E-state index in [1.165, 1.54) is 0 Å². The molecule has 0 bridgehead atoms. The van der Waals surface area contributed by atoms with Crippen LogP contribution in [0.3, 0.4) is 0 Å². The Morgan fingerprint density at radius 1 is 1.12 bits per heavy atom. The number of carbonyl (C=O) groups excluding carboxylic acids is 1. The van der Waals surface area contributed by atoms with Crippen molar-refractivity contribution in [2.24, 2.45) is 0 Å². The molecule has 0 unspecified atom stereocenters. The van der Waals surface area contributed by atoms with Gasteiger partial charge in [0.2, 0.25) is 0 Å². The average Bonchev–Trinajstić information content (AvgIpc) is 3.03. The number of hydrogen-bond acceptors (Lipinski definition) is 4. The van der Waals surface area contributed by atoms with E-state index >= 15 is 0 Å². The Morgan fingerprint density at radius 2 is 1.88 bits per heavy atom. The van der Waals surface area contributed by atoms with E-state index in [1.54, 1.807) is 7.11 Å². The molecule has 25 heavy (non-hydrogen) atoms. The summed E-state index contributed by atoms with van der Waals surface area (Å²) in [5.74, 6) is 0.844. The molecule has 0 saturated heterocycles. The van der Waals surface area contributed by atoms with Gasteiger partial charge < -0.3 is 19.2 Å². The SMILES string of the molecule is CCOCc1c(C(=O)NCc2ccc(OC)cc2)oc2ccccc12. The average molecular weight is 339 g/mol. The van der Waals surface area contributed by atoms with Gasteiger partial charge in [-0.1, -0.05) is 30.3 Å². The van der Waals surface area contributed by atoms with Gasteiger partial charge in [0.05, 0.1) is 13.7 Å². The van der Waals surface area contributed by atoms with Crippen LogP contribution in [0.1, 0.15) is 28.6 Å². The number of amides is 1. The summed E-state index contributed by atoms with van der Waals surface area (Å²) in [7, 11) is 1.62. The maximum atomic E-state index is 12.6. The van der Waals surface area contributed by atoms with Crippen LogP contribution in [-0.2, 0) is 17.9 Å². The van der Waals surface area contributed by atoms with E-state index in [0.29, 0.717) is 31.1 Å². The topological polar surface area (TPSA) is 60.7 Å². The Morgan fingerprint density at radius 3 is 2.60 bits per heavy atom. The van der Waals surface area contributed by atoms with Crippen molar-refractivity contribution in [3.05, 3.63) is 65.4 Å². The first-order valence-electron chi connectivity index (χ1n) is 8.22. The van der Waals surface area contributed by atoms with Crippen LogP contribution in [0.25, 0.3) is 11.0 Å². The summed E-state index contributed by atoms with van der Waals surface area (Å²) in [4.78, 5) is 12.6. The minimum atomic E-state index is -0.248. The predicted molar refractivity (Wildman–Crippen MR) is 95.7 cm³/mol. The Balaban J connectivity index is 1.78. The van der Waals surface area contributed by atoms with Gasteiger partial charge in [0, 0.05) is 24.1 Å². The molecular formula is C20H21NO4. The first-order valence-corrected chi connectivity index (χ1v) is 8.22. The molecule has 130 valence electrons. The number of hydrogen-bond donors (Lipinski definition) is 1. The first-order chi connectivity index (χ1) is 12.2. The van der Waals surface area contributed by atoms with Crippen molar-refractivity contribution in [2.75, 3.05) is 13.7 Å². The molecule has 2 aromatic carbocycles. The maximum Gasteiger partial charge on any atom is 0.287 e. The highest BCUT2D eigenvalue weighted by atomic mass is 16.5. The van der Waals surface area contributed by atoms with E-state index in [-0.39, 0.29) is 5.91 Å². The molecule has 0 aliphatic carbocycles. The molecule has 3 rings (SSSR count). The second-order valence-corrected chi connectivity index (χ2v) is 5.57. The van der Waals surface area contributed by atoms with Crippen LogP contribution in [0.2, 0.25) is 0 Å². The van der Waals surface area contributed by atoms with Crippen LogP contribution in [0.15, 0.2) is 52.9 Å². The third kappa shape index (κ3) is 3.83. The van der Waals surface area contributed by atoms with Gasteiger partial charge in [0.25, 0.3) is 5.91 Å². The fourth-order valence-corrected chi connectivity index (χ4v) is 2.64. The lowest BCUT2D eigenvalue weighted by Crippen LogP contribution is -2.23. The molecule has 1 heterocycles. The zero-order valence-corrected chi connectivity index (χ0v) is 14.4. The van der Waals surface area contributed by atoms with Crippen molar-refractivity contribution in [2.45, 2.75) is 20.1 Å². The van der Waals surface area contributed by atoms with E-state index in [4.69, 9.17) is 13.9 Å². The van der Waals surface area contributed by atoms with Crippen molar-refractivity contribution in [3.8, 4) is 5.75 Å². The Hall–Kier alpha value is -2.79. The Bertz CT molecular complexity index is 852. The van der Waals surface area contributed by atoms with Crippen LogP contribution < -0.4 is 10.1 Å². The van der Waals surface area contributed by atoms with E-state index in [1.807, 2.05) is 55.5 Å². The summed E-state index contributed by atoms with van der Waals surface area (Å²) < 4.78 is 16.4. The van der Waals surface area contributed by atoms with Crippen molar-refractivity contribution in [1.82, 2.24) is 5.32 Å². The summed E-state index contributed by atoms with van der Waals surface area (Å²) in [5.41, 5.74) is 2.45. The van der Waals surface area contributed by atoms with Crippen LogP contribution in [0, 0.1) is 0 Å². The lowest BCUT2D eigenvalue weighted by atomic mass is 10.1. The molecule has 1 amide bonds. The zero-order chi connectivity index (χ0) is 17.6. The quantitative estimate of drug-likeness (QED) is 0.709. The predicted octanol–water partition coefficient (Wildman–Crippen LogP) is 3.91. The smallest absolute Gasteiger partial charge is 0.287 e. The molecule has 5 heteroatoms. The van der Waals surface area contributed by atoms with Gasteiger partial charge in [-0.3, -0.25) is 4.79 Å². The molecule has 0 aliphatic rings. The second-order valence-electron chi connectivity index (χ2n) is 5.57. The molecule has 5 nitrogen and oxygen atoms in total. The van der Waals surface area contributed by atoms with Crippen LogP contribution in [0.4, 0.5) is 0 Å². The summed E-state index contributed by atoms with van der Waals surface area (Å²) in [5, 5.41) is 3.81. The zero-order valence-electron chi connectivity index (χ0n) is 14.4. The van der Waals surface area contributed by atoms with Gasteiger partial charge in [0.15, 0.2) is 5.76 Å². The third-order valence-corrected chi connectivity index (χ3v) is 3.97. The van der Waals surface area contributed by atoms with Crippen LogP contribution in [-0.4, -0.2) is 19.6 Å². The summed E-state index contributed by atoms with van der Waals surface area (Å²) in [6, 6.07) is 15.2. The molecule has 0 radical (unpaired) electrons. The number of rotatable bonds is 7. The highest BCUT2D eigenvalue weighted by Crippen LogP contribution is 2.26. The lowest BCUT2D eigenvalue weighted by molar-refractivity contribution is 0.0912. The number of benzene rings is 2. The minimum Gasteiger partial charge on any atom is -0.497 e. The number of nitrogens with one attached hydrogen (secondary N) is 1. The fourth-order valence-electron chi connectivity index (χ4n) is 2.64. The van der Waals surface area contributed by atoms with Gasteiger partial charge in [-0.2, -0.15) is 0 Å². The molecule has 1 aromatic heterocycles. The number of para-hydroxylation sites is 1. The van der Waals surface area contributed by atoms with Gasteiger partial charge in [-0.25, -0.2) is 0 Å². The molecule has 0 atom stereocenters. The van der Waals surface area contributed by atoms with Crippen LogP contribution in [0.5, 0.6) is 5.75 Å². The monoisotopic (exact) mass is 339 g/mol. The van der Waals surface area contributed by atoms with Gasteiger partial charge in [0.1, 0.15) is 11.3 Å². The van der Waals surface area contributed by atoms with Crippen molar-refractivity contribution < 1.29 is 18.7 Å². The standard InChI is InChI=1S/C20H21NO4/c1-3-24-13-17-16-6-4-5-7-18(16)25-19(17)20(22)21-12-14-8-10-15(23-2)11-9-14/h4-11H,3,12-13H2,1-2H3,(H,21,22). The highest BCUT2D eigenvalue weighted by Gasteiger charge is 2.20. The molecule has 0 fully saturated rings. The number of furan rings is 1. The lowest BCUT2D eigenvalue weighted by Gasteiger charge is -2.07. The number of methoxy groups -OCH3 is 1. The summed E-state index contributed by atoms with van der Waals surface area (Å²) in [6.45, 7) is 3.25. The number of ether oxygens (including phenoxy) is 2. The Labute approximate surface area is 146 Å². The molecule has 0 aliphatic heterocycles. The maximum absolute atomic E-state index is 12.6. The minimum absolute atomic E-state index is 0.248. The van der Waals surface area contributed by atoms with Crippen molar-refractivity contribution in [1.29, 1.82) is 0 Å². The van der Waals surface area contributed by atoms with E-state index in [0.717, 1.165) is 22.3 Å². The first kappa shape index (κ1) is 17.0. The van der Waals surface area contributed by atoms with Crippen molar-refractivity contribution >= 4 is 16.9 Å². The second kappa shape index (κ2) is 7.85. The van der Waals surface area contributed by atoms with Gasteiger partial charge >= 0.3 is 0 Å². The molecule has 3 aromatic rings. The van der Waals surface area contributed by atoms with Crippen LogP contribution >= 0.6 is 0 Å². The Kier molecular flexibility index (Phi) is 5.36. The summed E-state index contributed by atoms with van der Waals surface area (Å²) >= 11 is 0. The van der Waals surface area contributed by atoms with E-state index in [9.17, 15) is 4.79 Å². The summed E-state index contributed by atoms with van der Waals surface area (Å²) in [6.07, 6.45) is 0. The van der Waals surface area contributed by atoms with Gasteiger partial charge in [-0.05, 0) is 30.7 Å². The normalized spacial score (nSPS) is 10.8. The largest absolute Gasteiger partial charge is 0.497 e. The van der Waals surface area contributed by atoms with E-state index < -0.39 is 0 Å². The van der Waals surface area contributed by atoms with Gasteiger partial charge in [-0.15, -0.1) is 0 Å². The fraction of sp³-hybridized carbons (Fsp3) is 0.250. The van der Waals surface area contributed by atoms with Crippen molar-refractivity contribution in [3.63, 3.8) is 0 Å². The number of fused-ring (bicyclic) bond motifs is 1. The highest BCUT2D eigenvalue weighted by molar-refractivity contribution is 5.99. The number of carbonyl (C=O) groups is 1. The molecule has 0 spiro atoms. The molecule has 0 saturated carbocycles. The third-order valence-electron chi connectivity index (χ3n) is 3.97. The molecular weight excluding hydrogens is 318 g/mol.